The summed E-state index contributed by atoms with van der Waals surface area (Å²) in [5.74, 6) is 0.473. The standard InChI is InChI=1S/C16H19N3O2/c1-10-11(2)16(21)19(15(10)20)14-9-13(18(3)17-14)12-7-5-4-6-8-12/h4-8,13,15,20H,9H2,1-3H3. The first-order valence-electron chi connectivity index (χ1n) is 7.05. The number of hydrazone groups is 1. The van der Waals surface area contributed by atoms with Crippen molar-refractivity contribution in [3.05, 3.63) is 47.0 Å². The molecule has 0 aromatic heterocycles. The Kier molecular flexibility index (Phi) is 3.29. The summed E-state index contributed by atoms with van der Waals surface area (Å²) in [5.41, 5.74) is 2.46. The number of hydrogen-bond donors (Lipinski definition) is 1. The molecule has 2 unspecified atom stereocenters. The maximum absolute atomic E-state index is 12.3. The van der Waals surface area contributed by atoms with E-state index in [4.69, 9.17) is 0 Å². The minimum Gasteiger partial charge on any atom is -0.369 e. The van der Waals surface area contributed by atoms with E-state index in [1.807, 2.05) is 30.3 Å². The van der Waals surface area contributed by atoms with Gasteiger partial charge in [-0.2, -0.15) is 5.10 Å². The quantitative estimate of drug-likeness (QED) is 0.857. The van der Waals surface area contributed by atoms with Gasteiger partial charge in [0.1, 0.15) is 5.84 Å². The fourth-order valence-electron chi connectivity index (χ4n) is 2.86. The highest BCUT2D eigenvalue weighted by atomic mass is 16.3. The molecule has 0 bridgehead atoms. The predicted octanol–water partition coefficient (Wildman–Crippen LogP) is 1.87. The summed E-state index contributed by atoms with van der Waals surface area (Å²) in [7, 11) is 1.89. The lowest BCUT2D eigenvalue weighted by molar-refractivity contribution is -0.126. The topological polar surface area (TPSA) is 56.1 Å². The average Bonchev–Trinajstić information content (AvgIpc) is 2.95. The van der Waals surface area contributed by atoms with Crippen molar-refractivity contribution >= 4 is 11.7 Å². The van der Waals surface area contributed by atoms with Gasteiger partial charge in [-0.25, -0.2) is 0 Å². The molecule has 3 rings (SSSR count). The normalized spacial score (nSPS) is 25.9. The van der Waals surface area contributed by atoms with Crippen LogP contribution in [0.4, 0.5) is 0 Å². The molecular formula is C16H19N3O2. The number of benzene rings is 1. The van der Waals surface area contributed by atoms with E-state index in [-0.39, 0.29) is 11.9 Å². The summed E-state index contributed by atoms with van der Waals surface area (Å²) >= 11 is 0. The minimum atomic E-state index is -0.890. The number of aliphatic hydroxyl groups is 1. The van der Waals surface area contributed by atoms with Crippen LogP contribution in [0.15, 0.2) is 46.6 Å². The maximum Gasteiger partial charge on any atom is 0.257 e. The van der Waals surface area contributed by atoms with Gasteiger partial charge >= 0.3 is 0 Å². The third-order valence-electron chi connectivity index (χ3n) is 4.33. The van der Waals surface area contributed by atoms with Crippen LogP contribution in [0.3, 0.4) is 0 Å². The molecular weight excluding hydrogens is 266 g/mol. The zero-order valence-corrected chi connectivity index (χ0v) is 12.4. The second-order valence-corrected chi connectivity index (χ2v) is 5.58. The van der Waals surface area contributed by atoms with Gasteiger partial charge in [-0.3, -0.25) is 14.7 Å². The van der Waals surface area contributed by atoms with Crippen molar-refractivity contribution in [2.75, 3.05) is 7.05 Å². The summed E-state index contributed by atoms with van der Waals surface area (Å²) < 4.78 is 0. The lowest BCUT2D eigenvalue weighted by Gasteiger charge is -2.21. The van der Waals surface area contributed by atoms with Crippen LogP contribution in [0.25, 0.3) is 0 Å². The van der Waals surface area contributed by atoms with Crippen molar-refractivity contribution in [1.29, 1.82) is 0 Å². The van der Waals surface area contributed by atoms with Crippen LogP contribution in [0.1, 0.15) is 31.9 Å². The minimum absolute atomic E-state index is 0.0995. The highest BCUT2D eigenvalue weighted by Gasteiger charge is 2.40. The largest absolute Gasteiger partial charge is 0.369 e. The van der Waals surface area contributed by atoms with Crippen molar-refractivity contribution in [3.63, 3.8) is 0 Å². The third kappa shape index (κ3) is 2.14. The SMILES string of the molecule is CC1=C(C)C(O)N(C2=NN(C)C(c3ccccc3)C2)C1=O. The van der Waals surface area contributed by atoms with Crippen molar-refractivity contribution in [1.82, 2.24) is 9.91 Å². The Bertz CT molecular complexity index is 636. The molecule has 0 saturated heterocycles. The van der Waals surface area contributed by atoms with Gasteiger partial charge in [-0.05, 0) is 25.0 Å². The number of aliphatic hydroxyl groups excluding tert-OH is 1. The van der Waals surface area contributed by atoms with E-state index in [0.717, 1.165) is 5.56 Å². The molecule has 2 heterocycles. The maximum atomic E-state index is 12.3. The van der Waals surface area contributed by atoms with Crippen LogP contribution < -0.4 is 0 Å². The molecule has 5 nitrogen and oxygen atoms in total. The van der Waals surface area contributed by atoms with Gasteiger partial charge in [0.05, 0.1) is 6.04 Å². The highest BCUT2D eigenvalue weighted by Crippen LogP contribution is 2.33. The second kappa shape index (κ2) is 5.00. The van der Waals surface area contributed by atoms with E-state index in [1.165, 1.54) is 4.90 Å². The van der Waals surface area contributed by atoms with E-state index in [9.17, 15) is 9.90 Å². The molecule has 1 amide bonds. The molecule has 2 atom stereocenters. The molecule has 0 fully saturated rings. The van der Waals surface area contributed by atoms with Crippen molar-refractivity contribution in [3.8, 4) is 0 Å². The fraction of sp³-hybridized carbons (Fsp3) is 0.375. The molecule has 110 valence electrons. The Labute approximate surface area is 124 Å². The first kappa shape index (κ1) is 13.8. The Balaban J connectivity index is 1.84. The molecule has 0 aliphatic carbocycles. The van der Waals surface area contributed by atoms with Crippen molar-refractivity contribution < 1.29 is 9.90 Å². The molecule has 21 heavy (non-hydrogen) atoms. The Morgan fingerprint density at radius 3 is 2.48 bits per heavy atom. The lowest BCUT2D eigenvalue weighted by atomic mass is 10.0. The Morgan fingerprint density at radius 2 is 1.90 bits per heavy atom. The summed E-state index contributed by atoms with van der Waals surface area (Å²) in [6.07, 6.45) is -0.275. The Morgan fingerprint density at radius 1 is 1.24 bits per heavy atom. The van der Waals surface area contributed by atoms with Crippen LogP contribution in [0.2, 0.25) is 0 Å². The third-order valence-corrected chi connectivity index (χ3v) is 4.33. The van der Waals surface area contributed by atoms with Crippen molar-refractivity contribution in [2.24, 2.45) is 5.10 Å². The first-order valence-corrected chi connectivity index (χ1v) is 7.05. The molecule has 5 heteroatoms. The number of amidine groups is 1. The van der Waals surface area contributed by atoms with Gasteiger partial charge in [0.15, 0.2) is 6.23 Å². The summed E-state index contributed by atoms with van der Waals surface area (Å²) in [6, 6.07) is 10.2. The smallest absolute Gasteiger partial charge is 0.257 e. The van der Waals surface area contributed by atoms with Crippen LogP contribution >= 0.6 is 0 Å². The number of amides is 1. The van der Waals surface area contributed by atoms with E-state index in [2.05, 4.69) is 17.2 Å². The van der Waals surface area contributed by atoms with Gasteiger partial charge in [0, 0.05) is 19.0 Å². The highest BCUT2D eigenvalue weighted by molar-refractivity contribution is 6.09. The fourth-order valence-corrected chi connectivity index (χ4v) is 2.86. The van der Waals surface area contributed by atoms with E-state index in [1.54, 1.807) is 13.8 Å². The zero-order chi connectivity index (χ0) is 15.1. The zero-order valence-electron chi connectivity index (χ0n) is 12.4. The average molecular weight is 285 g/mol. The van der Waals surface area contributed by atoms with Gasteiger partial charge < -0.3 is 5.11 Å². The summed E-state index contributed by atoms with van der Waals surface area (Å²) in [4.78, 5) is 13.7. The van der Waals surface area contributed by atoms with Crippen LogP contribution in [-0.2, 0) is 4.79 Å². The number of carbonyl (C=O) groups is 1. The van der Waals surface area contributed by atoms with Gasteiger partial charge in [0.25, 0.3) is 5.91 Å². The van der Waals surface area contributed by atoms with E-state index < -0.39 is 6.23 Å². The van der Waals surface area contributed by atoms with E-state index >= 15 is 0 Å². The summed E-state index contributed by atoms with van der Waals surface area (Å²) in [6.45, 7) is 3.53. The van der Waals surface area contributed by atoms with Crippen LogP contribution in [0.5, 0.6) is 0 Å². The molecule has 1 N–H and O–H groups in total. The molecule has 0 spiro atoms. The number of nitrogens with zero attached hydrogens (tertiary/aromatic N) is 3. The predicted molar refractivity (Wildman–Crippen MR) is 80.2 cm³/mol. The van der Waals surface area contributed by atoms with Gasteiger partial charge in [-0.15, -0.1) is 0 Å². The lowest BCUT2D eigenvalue weighted by Crippen LogP contribution is -2.40. The molecule has 0 radical (unpaired) electrons. The van der Waals surface area contributed by atoms with E-state index in [0.29, 0.717) is 23.4 Å². The monoisotopic (exact) mass is 285 g/mol. The molecule has 2 aliphatic rings. The van der Waals surface area contributed by atoms with Crippen molar-refractivity contribution in [2.45, 2.75) is 32.5 Å². The van der Waals surface area contributed by atoms with Crippen LogP contribution in [0, 0.1) is 0 Å². The van der Waals surface area contributed by atoms with Gasteiger partial charge in [0.2, 0.25) is 0 Å². The second-order valence-electron chi connectivity index (χ2n) is 5.58. The molecule has 0 saturated carbocycles. The number of rotatable bonds is 1. The molecule has 2 aliphatic heterocycles. The van der Waals surface area contributed by atoms with Gasteiger partial charge in [-0.1, -0.05) is 30.3 Å². The molecule has 1 aromatic rings. The van der Waals surface area contributed by atoms with Crippen LogP contribution in [-0.4, -0.2) is 40.0 Å². The molecule has 1 aromatic carbocycles. The number of hydrogen-bond acceptors (Lipinski definition) is 4. The Hall–Kier alpha value is -2.14. The first-order chi connectivity index (χ1) is 10.0. The summed E-state index contributed by atoms with van der Waals surface area (Å²) in [5, 5.41) is 16.6. The number of carbonyl (C=O) groups excluding carboxylic acids is 1.